The summed E-state index contributed by atoms with van der Waals surface area (Å²) in [5.41, 5.74) is 0.812. The van der Waals surface area contributed by atoms with E-state index in [4.69, 9.17) is 13.9 Å². The Morgan fingerprint density at radius 3 is 2.53 bits per heavy atom. The minimum absolute atomic E-state index is 0.117. The average Bonchev–Trinajstić information content (AvgIpc) is 3.33. The molecular weight excluding hydrogens is 434 g/mol. The Hall–Kier alpha value is -3.23. The molecule has 0 saturated heterocycles. The van der Waals surface area contributed by atoms with Crippen LogP contribution in [-0.4, -0.2) is 61.2 Å². The predicted octanol–water partition coefficient (Wildman–Crippen LogP) is 4.05. The number of carbonyl (C=O) groups excluding carboxylic acids is 2. The molecule has 3 aromatic rings. The number of hydrogen-bond acceptors (Lipinski definition) is 6. The van der Waals surface area contributed by atoms with Gasteiger partial charge in [-0.05, 0) is 43.5 Å². The van der Waals surface area contributed by atoms with Gasteiger partial charge in [0.15, 0.2) is 5.69 Å². The van der Waals surface area contributed by atoms with E-state index in [1.165, 1.54) is 6.26 Å². The van der Waals surface area contributed by atoms with Crippen LogP contribution < -0.4 is 5.32 Å². The van der Waals surface area contributed by atoms with Crippen LogP contribution in [0.5, 0.6) is 0 Å². The van der Waals surface area contributed by atoms with Crippen molar-refractivity contribution in [2.24, 2.45) is 0 Å². The zero-order valence-electron chi connectivity index (χ0n) is 19.9. The van der Waals surface area contributed by atoms with Crippen LogP contribution in [0.4, 0.5) is 0 Å². The van der Waals surface area contributed by atoms with E-state index in [9.17, 15) is 9.59 Å². The van der Waals surface area contributed by atoms with Crippen molar-refractivity contribution in [3.05, 3.63) is 65.9 Å². The molecule has 8 nitrogen and oxygen atoms in total. The third-order valence-electron chi connectivity index (χ3n) is 5.29. The van der Waals surface area contributed by atoms with Crippen molar-refractivity contribution in [1.29, 1.82) is 0 Å². The van der Waals surface area contributed by atoms with Crippen molar-refractivity contribution in [2.75, 3.05) is 39.5 Å². The van der Waals surface area contributed by atoms with Gasteiger partial charge in [-0.15, -0.1) is 0 Å². The minimum atomic E-state index is -0.310. The average molecular weight is 468 g/mol. The second-order valence-corrected chi connectivity index (χ2v) is 7.74. The summed E-state index contributed by atoms with van der Waals surface area (Å²) in [4.78, 5) is 31.9. The third-order valence-corrected chi connectivity index (χ3v) is 5.29. The Morgan fingerprint density at radius 1 is 1.00 bits per heavy atom. The van der Waals surface area contributed by atoms with Crippen molar-refractivity contribution < 1.29 is 23.5 Å². The Bertz CT molecular complexity index is 1060. The smallest absolute Gasteiger partial charge is 0.273 e. The maximum Gasteiger partial charge on any atom is 0.273 e. The SMILES string of the molecule is CCOCCCNC(=O)c1coc(CN(CCCOCC)C(=O)c2cccc3ccccc23)n1. The van der Waals surface area contributed by atoms with E-state index >= 15 is 0 Å². The number of aromatic nitrogens is 1. The summed E-state index contributed by atoms with van der Waals surface area (Å²) in [5.74, 6) is -0.118. The predicted molar refractivity (Wildman–Crippen MR) is 130 cm³/mol. The van der Waals surface area contributed by atoms with Crippen molar-refractivity contribution in [1.82, 2.24) is 15.2 Å². The first-order valence-electron chi connectivity index (χ1n) is 11.8. The van der Waals surface area contributed by atoms with Crippen molar-refractivity contribution in [3.63, 3.8) is 0 Å². The van der Waals surface area contributed by atoms with Crippen LogP contribution >= 0.6 is 0 Å². The maximum absolute atomic E-state index is 13.5. The van der Waals surface area contributed by atoms with E-state index in [2.05, 4.69) is 10.3 Å². The van der Waals surface area contributed by atoms with Crippen LogP contribution in [0.15, 0.2) is 53.1 Å². The summed E-state index contributed by atoms with van der Waals surface area (Å²) >= 11 is 0. The summed E-state index contributed by atoms with van der Waals surface area (Å²) < 4.78 is 16.3. The lowest BCUT2D eigenvalue weighted by Crippen LogP contribution is -2.32. The molecule has 0 unspecified atom stereocenters. The summed E-state index contributed by atoms with van der Waals surface area (Å²) in [6.45, 7) is 7.42. The van der Waals surface area contributed by atoms with Gasteiger partial charge in [-0.25, -0.2) is 4.98 Å². The van der Waals surface area contributed by atoms with Crippen LogP contribution in [0.3, 0.4) is 0 Å². The third kappa shape index (κ3) is 7.13. The molecule has 0 fully saturated rings. The number of rotatable bonds is 14. The van der Waals surface area contributed by atoms with Gasteiger partial charge in [-0.2, -0.15) is 0 Å². The topological polar surface area (TPSA) is 93.9 Å². The van der Waals surface area contributed by atoms with Gasteiger partial charge in [0.2, 0.25) is 5.89 Å². The fraction of sp³-hybridized carbons (Fsp3) is 0.423. The molecule has 0 spiro atoms. The molecule has 3 rings (SSSR count). The number of ether oxygens (including phenoxy) is 2. The molecule has 0 atom stereocenters. The first kappa shape index (κ1) is 25.4. The highest BCUT2D eigenvalue weighted by Gasteiger charge is 2.21. The standard InChI is InChI=1S/C26H33N3O5/c1-3-32-16-8-14-27-25(30)23-19-34-24(28-23)18-29(15-9-17-33-4-2)26(31)22-13-7-11-20-10-5-6-12-21(20)22/h5-7,10-13,19H,3-4,8-9,14-18H2,1-2H3,(H,27,30). The van der Waals surface area contributed by atoms with Gasteiger partial charge in [-0.3, -0.25) is 9.59 Å². The van der Waals surface area contributed by atoms with E-state index in [1.807, 2.05) is 56.3 Å². The molecule has 2 amide bonds. The van der Waals surface area contributed by atoms with Gasteiger partial charge < -0.3 is 24.1 Å². The minimum Gasteiger partial charge on any atom is -0.446 e. The summed E-state index contributed by atoms with van der Waals surface area (Å²) in [7, 11) is 0. The van der Waals surface area contributed by atoms with Gasteiger partial charge in [0.25, 0.3) is 11.8 Å². The molecule has 1 heterocycles. The van der Waals surface area contributed by atoms with Crippen molar-refractivity contribution in [3.8, 4) is 0 Å². The van der Waals surface area contributed by atoms with Crippen molar-refractivity contribution >= 4 is 22.6 Å². The largest absolute Gasteiger partial charge is 0.446 e. The number of benzene rings is 2. The molecule has 0 bridgehead atoms. The van der Waals surface area contributed by atoms with E-state index in [0.29, 0.717) is 57.4 Å². The fourth-order valence-corrected chi connectivity index (χ4v) is 3.60. The van der Waals surface area contributed by atoms with Gasteiger partial charge in [0.1, 0.15) is 6.26 Å². The zero-order valence-corrected chi connectivity index (χ0v) is 19.9. The molecular formula is C26H33N3O5. The zero-order chi connectivity index (χ0) is 24.2. The second kappa shape index (κ2) is 13.5. The highest BCUT2D eigenvalue weighted by molar-refractivity contribution is 6.07. The van der Waals surface area contributed by atoms with Crippen LogP contribution in [0, 0.1) is 0 Å². The molecule has 0 radical (unpaired) electrons. The molecule has 8 heteroatoms. The monoisotopic (exact) mass is 467 g/mol. The lowest BCUT2D eigenvalue weighted by molar-refractivity contribution is 0.0697. The van der Waals surface area contributed by atoms with Gasteiger partial charge >= 0.3 is 0 Å². The van der Waals surface area contributed by atoms with Gasteiger partial charge in [0.05, 0.1) is 6.54 Å². The van der Waals surface area contributed by atoms with Crippen molar-refractivity contribution in [2.45, 2.75) is 33.2 Å². The molecule has 2 aromatic carbocycles. The van der Waals surface area contributed by atoms with E-state index in [0.717, 1.165) is 17.2 Å². The molecule has 0 aliphatic carbocycles. The summed E-state index contributed by atoms with van der Waals surface area (Å²) in [6, 6.07) is 13.5. The van der Waals surface area contributed by atoms with Crippen LogP contribution in [0.2, 0.25) is 0 Å². The molecule has 1 aromatic heterocycles. The molecule has 34 heavy (non-hydrogen) atoms. The maximum atomic E-state index is 13.5. The Labute approximate surface area is 200 Å². The summed E-state index contributed by atoms with van der Waals surface area (Å²) in [6.07, 6.45) is 2.73. The quantitative estimate of drug-likeness (QED) is 0.360. The number of carbonyl (C=O) groups is 2. The Morgan fingerprint density at radius 2 is 1.74 bits per heavy atom. The highest BCUT2D eigenvalue weighted by atomic mass is 16.5. The Kier molecular flexibility index (Phi) is 10.1. The van der Waals surface area contributed by atoms with Crippen LogP contribution in [0.1, 0.15) is 53.4 Å². The van der Waals surface area contributed by atoms with Crippen LogP contribution in [0.25, 0.3) is 10.8 Å². The molecule has 0 aliphatic rings. The number of nitrogens with zero attached hydrogens (tertiary/aromatic N) is 2. The van der Waals surface area contributed by atoms with E-state index < -0.39 is 0 Å². The number of hydrogen-bond donors (Lipinski definition) is 1. The summed E-state index contributed by atoms with van der Waals surface area (Å²) in [5, 5.41) is 4.70. The molecule has 182 valence electrons. The van der Waals surface area contributed by atoms with Gasteiger partial charge in [-0.1, -0.05) is 36.4 Å². The first-order chi connectivity index (χ1) is 16.6. The van der Waals surface area contributed by atoms with E-state index in [-0.39, 0.29) is 24.1 Å². The first-order valence-corrected chi connectivity index (χ1v) is 11.8. The van der Waals surface area contributed by atoms with Gasteiger partial charge in [0, 0.05) is 45.1 Å². The fourth-order valence-electron chi connectivity index (χ4n) is 3.60. The highest BCUT2D eigenvalue weighted by Crippen LogP contribution is 2.21. The van der Waals surface area contributed by atoms with E-state index in [1.54, 1.807) is 4.90 Å². The lowest BCUT2D eigenvalue weighted by atomic mass is 10.0. The second-order valence-electron chi connectivity index (χ2n) is 7.74. The lowest BCUT2D eigenvalue weighted by Gasteiger charge is -2.22. The normalized spacial score (nSPS) is 11.0. The number of amides is 2. The Balaban J connectivity index is 1.70. The number of nitrogens with one attached hydrogen (secondary N) is 1. The van der Waals surface area contributed by atoms with Crippen LogP contribution in [-0.2, 0) is 16.0 Å². The molecule has 1 N–H and O–H groups in total. The number of oxazole rings is 1. The molecule has 0 saturated carbocycles. The molecule has 0 aliphatic heterocycles. The number of fused-ring (bicyclic) bond motifs is 1.